The molecule has 1 unspecified atom stereocenters. The van der Waals surface area contributed by atoms with Crippen LogP contribution in [-0.4, -0.2) is 38.8 Å². The highest BCUT2D eigenvalue weighted by atomic mass is 35.5. The molecule has 0 bridgehead atoms. The van der Waals surface area contributed by atoms with E-state index in [1.54, 1.807) is 0 Å². The van der Waals surface area contributed by atoms with E-state index in [9.17, 15) is 4.79 Å². The Balaban J connectivity index is 0.00000264. The van der Waals surface area contributed by atoms with Gasteiger partial charge in [-0.2, -0.15) is 0 Å². The molecule has 1 saturated heterocycles. The lowest BCUT2D eigenvalue weighted by Gasteiger charge is -2.16. The second kappa shape index (κ2) is 10.5. The van der Waals surface area contributed by atoms with E-state index in [0.29, 0.717) is 26.1 Å². The minimum Gasteiger partial charge on any atom is -0.491 e. The van der Waals surface area contributed by atoms with Gasteiger partial charge in [-0.3, -0.25) is 4.79 Å². The van der Waals surface area contributed by atoms with Gasteiger partial charge in [-0.1, -0.05) is 12.1 Å². The first-order valence-corrected chi connectivity index (χ1v) is 7.94. The van der Waals surface area contributed by atoms with Crippen molar-refractivity contribution in [2.45, 2.75) is 38.8 Å². The summed E-state index contributed by atoms with van der Waals surface area (Å²) in [5.74, 6) is 0.879. The Morgan fingerprint density at radius 2 is 2.26 bits per heavy atom. The van der Waals surface area contributed by atoms with E-state index in [0.717, 1.165) is 36.3 Å². The number of benzene rings is 1. The van der Waals surface area contributed by atoms with Crippen molar-refractivity contribution in [1.82, 2.24) is 10.6 Å². The molecule has 2 N–H and O–H groups in total. The summed E-state index contributed by atoms with van der Waals surface area (Å²) in [5.41, 5.74) is 2.15. The van der Waals surface area contributed by atoms with E-state index in [1.807, 2.05) is 32.2 Å². The summed E-state index contributed by atoms with van der Waals surface area (Å²) < 4.78 is 11.5. The molecule has 0 saturated carbocycles. The van der Waals surface area contributed by atoms with Crippen LogP contribution >= 0.6 is 12.4 Å². The lowest BCUT2D eigenvalue weighted by Crippen LogP contribution is -2.26. The number of rotatable bonds is 8. The molecule has 0 radical (unpaired) electrons. The Bertz CT molecular complexity index is 491. The van der Waals surface area contributed by atoms with E-state index in [2.05, 4.69) is 10.6 Å². The fraction of sp³-hybridized carbons (Fsp3) is 0.588. The summed E-state index contributed by atoms with van der Waals surface area (Å²) in [6.45, 7) is 4.61. The number of hydrogen-bond donors (Lipinski definition) is 2. The Labute approximate surface area is 144 Å². The van der Waals surface area contributed by atoms with Crippen molar-refractivity contribution < 1.29 is 14.3 Å². The van der Waals surface area contributed by atoms with Gasteiger partial charge in [0.25, 0.3) is 0 Å². The molecule has 5 nitrogen and oxygen atoms in total. The summed E-state index contributed by atoms with van der Waals surface area (Å²) in [5, 5.41) is 5.90. The van der Waals surface area contributed by atoms with Gasteiger partial charge in [0.15, 0.2) is 0 Å². The third-order valence-corrected chi connectivity index (χ3v) is 3.75. The molecule has 1 atom stereocenters. The monoisotopic (exact) mass is 342 g/mol. The van der Waals surface area contributed by atoms with Crippen LogP contribution in [0.3, 0.4) is 0 Å². The fourth-order valence-corrected chi connectivity index (χ4v) is 2.42. The van der Waals surface area contributed by atoms with Crippen LogP contribution in [0, 0.1) is 6.92 Å². The lowest BCUT2D eigenvalue weighted by atomic mass is 10.1. The minimum atomic E-state index is 0. The molecule has 0 spiro atoms. The first kappa shape index (κ1) is 19.7. The van der Waals surface area contributed by atoms with E-state index in [1.165, 1.54) is 0 Å². The van der Waals surface area contributed by atoms with Gasteiger partial charge in [-0.05, 0) is 38.4 Å². The highest BCUT2D eigenvalue weighted by Gasteiger charge is 2.17. The number of hydrogen-bond acceptors (Lipinski definition) is 4. The van der Waals surface area contributed by atoms with Crippen LogP contribution in [-0.2, 0) is 16.1 Å². The summed E-state index contributed by atoms with van der Waals surface area (Å²) in [7, 11) is 1.84. The van der Waals surface area contributed by atoms with Crippen molar-refractivity contribution in [1.29, 1.82) is 0 Å². The zero-order valence-corrected chi connectivity index (χ0v) is 14.7. The van der Waals surface area contributed by atoms with E-state index in [4.69, 9.17) is 9.47 Å². The van der Waals surface area contributed by atoms with Crippen molar-refractivity contribution in [2.24, 2.45) is 0 Å². The SMILES string of the molecule is CNCCC(=O)NCc1ccc(C)cc1OCC1CCCO1.Cl. The number of nitrogens with one attached hydrogen (secondary N) is 2. The Morgan fingerprint density at radius 3 is 2.96 bits per heavy atom. The Morgan fingerprint density at radius 1 is 1.43 bits per heavy atom. The van der Waals surface area contributed by atoms with Crippen LogP contribution in [0.25, 0.3) is 0 Å². The second-order valence-corrected chi connectivity index (χ2v) is 5.69. The van der Waals surface area contributed by atoms with Crippen molar-refractivity contribution in [3.63, 3.8) is 0 Å². The fourth-order valence-electron chi connectivity index (χ4n) is 2.42. The normalized spacial score (nSPS) is 16.7. The third kappa shape index (κ3) is 6.77. The lowest BCUT2D eigenvalue weighted by molar-refractivity contribution is -0.121. The third-order valence-electron chi connectivity index (χ3n) is 3.75. The van der Waals surface area contributed by atoms with Gasteiger partial charge in [0.05, 0.1) is 6.10 Å². The average Bonchev–Trinajstić information content (AvgIpc) is 3.03. The van der Waals surface area contributed by atoms with Crippen LogP contribution in [0.4, 0.5) is 0 Å². The number of amides is 1. The number of carbonyl (C=O) groups is 1. The molecule has 1 aliphatic heterocycles. The van der Waals surface area contributed by atoms with Crippen molar-refractivity contribution in [3.8, 4) is 5.75 Å². The highest BCUT2D eigenvalue weighted by molar-refractivity contribution is 5.85. The maximum atomic E-state index is 11.7. The van der Waals surface area contributed by atoms with Gasteiger partial charge in [-0.25, -0.2) is 0 Å². The molecular weight excluding hydrogens is 316 g/mol. The van der Waals surface area contributed by atoms with Gasteiger partial charge in [-0.15, -0.1) is 12.4 Å². The summed E-state index contributed by atoms with van der Waals surface area (Å²) in [6, 6.07) is 6.07. The quantitative estimate of drug-likeness (QED) is 0.760. The van der Waals surface area contributed by atoms with Crippen LogP contribution < -0.4 is 15.4 Å². The van der Waals surface area contributed by atoms with Gasteiger partial charge >= 0.3 is 0 Å². The van der Waals surface area contributed by atoms with Crippen molar-refractivity contribution in [2.75, 3.05) is 26.8 Å². The maximum absolute atomic E-state index is 11.7. The predicted molar refractivity (Wildman–Crippen MR) is 93.3 cm³/mol. The number of halogens is 1. The first-order chi connectivity index (χ1) is 10.7. The zero-order valence-electron chi connectivity index (χ0n) is 13.9. The molecule has 1 heterocycles. The minimum absolute atomic E-state index is 0. The molecule has 1 amide bonds. The number of aryl methyl sites for hydroxylation is 1. The topological polar surface area (TPSA) is 59.6 Å². The second-order valence-electron chi connectivity index (χ2n) is 5.69. The van der Waals surface area contributed by atoms with E-state index >= 15 is 0 Å². The average molecular weight is 343 g/mol. The standard InChI is InChI=1S/C17H26N2O3.ClH/c1-13-5-6-14(11-19-17(20)7-8-18-2)16(10-13)22-12-15-4-3-9-21-15;/h5-6,10,15,18H,3-4,7-9,11-12H2,1-2H3,(H,19,20);1H. The maximum Gasteiger partial charge on any atom is 0.221 e. The highest BCUT2D eigenvalue weighted by Crippen LogP contribution is 2.22. The summed E-state index contributed by atoms with van der Waals surface area (Å²) in [6.07, 6.45) is 2.84. The van der Waals surface area contributed by atoms with E-state index in [-0.39, 0.29) is 24.4 Å². The van der Waals surface area contributed by atoms with E-state index < -0.39 is 0 Å². The van der Waals surface area contributed by atoms with Gasteiger partial charge in [0.1, 0.15) is 12.4 Å². The molecule has 6 heteroatoms. The van der Waals surface area contributed by atoms with Gasteiger partial charge < -0.3 is 20.1 Å². The molecule has 2 rings (SSSR count). The molecular formula is C17H27ClN2O3. The van der Waals surface area contributed by atoms with Gasteiger partial charge in [0.2, 0.25) is 5.91 Å². The molecule has 1 aromatic rings. The largest absolute Gasteiger partial charge is 0.491 e. The molecule has 130 valence electrons. The van der Waals surface area contributed by atoms with Gasteiger partial charge in [0, 0.05) is 31.7 Å². The number of carbonyl (C=O) groups excluding carboxylic acids is 1. The summed E-state index contributed by atoms with van der Waals surface area (Å²) in [4.78, 5) is 11.7. The smallest absolute Gasteiger partial charge is 0.221 e. The summed E-state index contributed by atoms with van der Waals surface area (Å²) >= 11 is 0. The van der Waals surface area contributed by atoms with Crippen LogP contribution in [0.1, 0.15) is 30.4 Å². The number of ether oxygens (including phenoxy) is 2. The van der Waals surface area contributed by atoms with Crippen LogP contribution in [0.15, 0.2) is 18.2 Å². The first-order valence-electron chi connectivity index (χ1n) is 7.94. The Hall–Kier alpha value is -1.30. The molecule has 1 aromatic carbocycles. The predicted octanol–water partition coefficient (Wildman–Crippen LogP) is 2.20. The van der Waals surface area contributed by atoms with Crippen molar-refractivity contribution >= 4 is 18.3 Å². The van der Waals surface area contributed by atoms with Crippen LogP contribution in [0.5, 0.6) is 5.75 Å². The zero-order chi connectivity index (χ0) is 15.8. The molecule has 23 heavy (non-hydrogen) atoms. The van der Waals surface area contributed by atoms with Crippen LogP contribution in [0.2, 0.25) is 0 Å². The van der Waals surface area contributed by atoms with Crippen molar-refractivity contribution in [3.05, 3.63) is 29.3 Å². The molecule has 0 aliphatic carbocycles. The Kier molecular flexibility index (Phi) is 8.99. The molecule has 0 aromatic heterocycles. The molecule has 1 fully saturated rings. The molecule has 1 aliphatic rings.